The van der Waals surface area contributed by atoms with Gasteiger partial charge in [-0.1, -0.05) is 5.16 Å². The Morgan fingerprint density at radius 3 is 2.23 bits per heavy atom. The van der Waals surface area contributed by atoms with Crippen LogP contribution in [0, 0.1) is 0 Å². The minimum absolute atomic E-state index is 0.234. The van der Waals surface area contributed by atoms with E-state index >= 15 is 0 Å². The zero-order valence-electron chi connectivity index (χ0n) is 17.0. The van der Waals surface area contributed by atoms with Crippen LogP contribution in [0.1, 0.15) is 10.6 Å². The Labute approximate surface area is 177 Å². The van der Waals surface area contributed by atoms with Crippen LogP contribution in [0.2, 0.25) is 0 Å². The summed E-state index contributed by atoms with van der Waals surface area (Å²) >= 11 is 0. The van der Waals surface area contributed by atoms with Crippen molar-refractivity contribution in [1.29, 1.82) is 0 Å². The van der Waals surface area contributed by atoms with Gasteiger partial charge in [0.1, 0.15) is 0 Å². The first-order valence-corrected chi connectivity index (χ1v) is 9.22. The van der Waals surface area contributed by atoms with Crippen LogP contribution >= 0.6 is 0 Å². The lowest BCUT2D eigenvalue weighted by molar-refractivity contribution is 0.0996. The van der Waals surface area contributed by atoms with Gasteiger partial charge in [0.25, 0.3) is 11.8 Å². The van der Waals surface area contributed by atoms with E-state index in [2.05, 4.69) is 15.5 Å². The fourth-order valence-corrected chi connectivity index (χ4v) is 2.97. The minimum Gasteiger partial charge on any atom is -0.493 e. The standard InChI is InChI=1S/C22H19N3O6/c1-27-17-11-14(12-18(28-2)19(17)29-3)22-24-20(25-31-22)13-6-8-15(9-7-13)23-21(26)16-5-4-10-30-16/h4-12H,1-3H3,(H,23,26). The number of methoxy groups -OCH3 is 3. The van der Waals surface area contributed by atoms with Gasteiger partial charge in [-0.25, -0.2) is 0 Å². The molecule has 1 amide bonds. The predicted octanol–water partition coefficient (Wildman–Crippen LogP) is 4.27. The molecule has 9 nitrogen and oxygen atoms in total. The number of hydrogen-bond donors (Lipinski definition) is 1. The van der Waals surface area contributed by atoms with Crippen LogP contribution in [0.5, 0.6) is 17.2 Å². The number of benzene rings is 2. The molecule has 31 heavy (non-hydrogen) atoms. The molecule has 4 aromatic rings. The van der Waals surface area contributed by atoms with E-state index in [-0.39, 0.29) is 11.7 Å². The van der Waals surface area contributed by atoms with E-state index in [4.69, 9.17) is 23.2 Å². The molecule has 0 saturated carbocycles. The molecule has 0 fully saturated rings. The largest absolute Gasteiger partial charge is 0.493 e. The first kappa shape index (κ1) is 20.0. The molecule has 1 N–H and O–H groups in total. The lowest BCUT2D eigenvalue weighted by Crippen LogP contribution is -2.10. The van der Waals surface area contributed by atoms with Crippen molar-refractivity contribution in [2.45, 2.75) is 0 Å². The number of carbonyl (C=O) groups is 1. The third kappa shape index (κ3) is 4.06. The molecule has 0 spiro atoms. The Morgan fingerprint density at radius 2 is 1.65 bits per heavy atom. The molecule has 4 rings (SSSR count). The van der Waals surface area contributed by atoms with Gasteiger partial charge in [0.05, 0.1) is 27.6 Å². The second kappa shape index (κ2) is 8.62. The van der Waals surface area contributed by atoms with Crippen molar-refractivity contribution in [3.8, 4) is 40.1 Å². The number of hydrogen-bond acceptors (Lipinski definition) is 8. The van der Waals surface area contributed by atoms with Crippen molar-refractivity contribution < 1.29 is 27.9 Å². The lowest BCUT2D eigenvalue weighted by atomic mass is 10.1. The highest BCUT2D eigenvalue weighted by Crippen LogP contribution is 2.41. The van der Waals surface area contributed by atoms with E-state index in [1.807, 2.05) is 0 Å². The van der Waals surface area contributed by atoms with Gasteiger partial charge in [0.15, 0.2) is 17.3 Å². The number of furan rings is 1. The fourth-order valence-electron chi connectivity index (χ4n) is 2.97. The number of amides is 1. The van der Waals surface area contributed by atoms with Crippen molar-refractivity contribution in [1.82, 2.24) is 10.1 Å². The van der Waals surface area contributed by atoms with Crippen LogP contribution in [0.25, 0.3) is 22.8 Å². The minimum atomic E-state index is -0.331. The maximum atomic E-state index is 12.1. The highest BCUT2D eigenvalue weighted by molar-refractivity contribution is 6.02. The summed E-state index contributed by atoms with van der Waals surface area (Å²) in [6.45, 7) is 0. The summed E-state index contributed by atoms with van der Waals surface area (Å²) in [7, 11) is 4.60. The zero-order chi connectivity index (χ0) is 21.8. The summed E-state index contributed by atoms with van der Waals surface area (Å²) in [6, 6.07) is 13.7. The number of nitrogens with one attached hydrogen (secondary N) is 1. The van der Waals surface area contributed by atoms with Crippen molar-refractivity contribution >= 4 is 11.6 Å². The average Bonchev–Trinajstić information content (AvgIpc) is 3.51. The molecule has 158 valence electrons. The Kier molecular flexibility index (Phi) is 5.57. The molecule has 2 aromatic heterocycles. The summed E-state index contributed by atoms with van der Waals surface area (Å²) in [4.78, 5) is 16.5. The van der Waals surface area contributed by atoms with Gasteiger partial charge in [0, 0.05) is 16.8 Å². The van der Waals surface area contributed by atoms with E-state index in [0.717, 1.165) is 5.56 Å². The molecular weight excluding hydrogens is 402 g/mol. The molecule has 0 unspecified atom stereocenters. The number of carbonyl (C=O) groups excluding carboxylic acids is 1. The Balaban J connectivity index is 1.56. The maximum absolute atomic E-state index is 12.1. The van der Waals surface area contributed by atoms with Gasteiger partial charge in [-0.05, 0) is 48.5 Å². The molecular formula is C22H19N3O6. The highest BCUT2D eigenvalue weighted by atomic mass is 16.5. The third-order valence-corrected chi connectivity index (χ3v) is 4.48. The van der Waals surface area contributed by atoms with E-state index in [1.165, 1.54) is 27.6 Å². The van der Waals surface area contributed by atoms with E-state index in [9.17, 15) is 4.79 Å². The van der Waals surface area contributed by atoms with Crippen LogP contribution in [0.15, 0.2) is 63.7 Å². The molecule has 0 aliphatic carbocycles. The third-order valence-electron chi connectivity index (χ3n) is 4.48. The lowest BCUT2D eigenvalue weighted by Gasteiger charge is -2.12. The second-order valence-electron chi connectivity index (χ2n) is 6.35. The molecule has 0 saturated heterocycles. The monoisotopic (exact) mass is 421 g/mol. The Bertz CT molecular complexity index is 1160. The first-order chi connectivity index (χ1) is 15.1. The Morgan fingerprint density at radius 1 is 0.935 bits per heavy atom. The van der Waals surface area contributed by atoms with E-state index in [1.54, 1.807) is 48.5 Å². The van der Waals surface area contributed by atoms with Crippen molar-refractivity contribution in [2.24, 2.45) is 0 Å². The number of nitrogens with zero attached hydrogens (tertiary/aromatic N) is 2. The van der Waals surface area contributed by atoms with Crippen molar-refractivity contribution in [3.63, 3.8) is 0 Å². The zero-order valence-corrected chi connectivity index (χ0v) is 17.0. The highest BCUT2D eigenvalue weighted by Gasteiger charge is 2.18. The quantitative estimate of drug-likeness (QED) is 0.471. The predicted molar refractivity (Wildman–Crippen MR) is 111 cm³/mol. The fraction of sp³-hybridized carbons (Fsp3) is 0.136. The summed E-state index contributed by atoms with van der Waals surface area (Å²) in [6.07, 6.45) is 1.44. The maximum Gasteiger partial charge on any atom is 0.291 e. The van der Waals surface area contributed by atoms with Crippen molar-refractivity contribution in [2.75, 3.05) is 26.6 Å². The summed E-state index contributed by atoms with van der Waals surface area (Å²) in [5, 5.41) is 6.80. The molecule has 2 heterocycles. The molecule has 9 heteroatoms. The second-order valence-corrected chi connectivity index (χ2v) is 6.35. The number of aromatic nitrogens is 2. The number of anilines is 1. The first-order valence-electron chi connectivity index (χ1n) is 9.22. The smallest absolute Gasteiger partial charge is 0.291 e. The summed E-state index contributed by atoms with van der Waals surface area (Å²) < 4.78 is 26.6. The molecule has 0 aliphatic heterocycles. The summed E-state index contributed by atoms with van der Waals surface area (Å²) in [5.74, 6) is 2.03. The molecule has 0 atom stereocenters. The van der Waals surface area contributed by atoms with Crippen molar-refractivity contribution in [3.05, 3.63) is 60.6 Å². The topological polar surface area (TPSA) is 109 Å². The SMILES string of the molecule is COc1cc(-c2nc(-c3ccc(NC(=O)c4ccco4)cc3)no2)cc(OC)c1OC. The Hall–Kier alpha value is -4.27. The van der Waals surface area contributed by atoms with Crippen LogP contribution < -0.4 is 19.5 Å². The molecule has 0 aliphatic rings. The number of ether oxygens (including phenoxy) is 3. The van der Waals surface area contributed by atoms with Gasteiger partial charge >= 0.3 is 0 Å². The van der Waals surface area contributed by atoms with E-state index < -0.39 is 0 Å². The summed E-state index contributed by atoms with van der Waals surface area (Å²) in [5.41, 5.74) is 1.95. The van der Waals surface area contributed by atoms with Gasteiger partial charge < -0.3 is 28.5 Å². The normalized spacial score (nSPS) is 10.5. The van der Waals surface area contributed by atoms with Crippen LogP contribution in [-0.4, -0.2) is 37.4 Å². The van der Waals surface area contributed by atoms with Gasteiger partial charge in [-0.3, -0.25) is 4.79 Å². The number of rotatable bonds is 7. The van der Waals surface area contributed by atoms with Crippen LogP contribution in [0.3, 0.4) is 0 Å². The van der Waals surface area contributed by atoms with Gasteiger partial charge in [-0.15, -0.1) is 0 Å². The van der Waals surface area contributed by atoms with Crippen LogP contribution in [-0.2, 0) is 0 Å². The molecule has 0 bridgehead atoms. The average molecular weight is 421 g/mol. The van der Waals surface area contributed by atoms with Gasteiger partial charge in [0.2, 0.25) is 11.6 Å². The molecule has 2 aromatic carbocycles. The molecule has 0 radical (unpaired) electrons. The van der Waals surface area contributed by atoms with Gasteiger partial charge in [-0.2, -0.15) is 4.98 Å². The van der Waals surface area contributed by atoms with Crippen LogP contribution in [0.4, 0.5) is 5.69 Å². The van der Waals surface area contributed by atoms with E-state index in [0.29, 0.717) is 40.2 Å².